The second kappa shape index (κ2) is 14.3. The Labute approximate surface area is 203 Å². The average Bonchev–Trinajstić information content (AvgIpc) is 2.78. The number of hydrogen-bond donors (Lipinski definition) is 2. The van der Waals surface area contributed by atoms with E-state index in [1.54, 1.807) is 0 Å². The van der Waals surface area contributed by atoms with Gasteiger partial charge in [-0.25, -0.2) is 4.99 Å². The molecule has 0 atom stereocenters. The summed E-state index contributed by atoms with van der Waals surface area (Å²) in [5, 5.41) is 6.74. The second-order valence-corrected chi connectivity index (χ2v) is 7.43. The van der Waals surface area contributed by atoms with Crippen molar-refractivity contribution in [3.8, 4) is 5.75 Å². The van der Waals surface area contributed by atoms with Crippen molar-refractivity contribution in [2.45, 2.75) is 26.9 Å². The summed E-state index contributed by atoms with van der Waals surface area (Å²) < 4.78 is 11.3. The van der Waals surface area contributed by atoms with Crippen LogP contribution in [0.4, 0.5) is 0 Å². The monoisotopic (exact) mass is 538 g/mol. The summed E-state index contributed by atoms with van der Waals surface area (Å²) in [6.07, 6.45) is 0. The van der Waals surface area contributed by atoms with Gasteiger partial charge in [-0.2, -0.15) is 0 Å². The van der Waals surface area contributed by atoms with Crippen molar-refractivity contribution in [2.75, 3.05) is 46.0 Å². The molecule has 0 saturated carbocycles. The van der Waals surface area contributed by atoms with Crippen molar-refractivity contribution in [1.29, 1.82) is 0 Å². The minimum absolute atomic E-state index is 0. The molecule has 31 heavy (non-hydrogen) atoms. The van der Waals surface area contributed by atoms with Crippen molar-refractivity contribution < 1.29 is 9.47 Å². The van der Waals surface area contributed by atoms with Crippen LogP contribution < -0.4 is 15.4 Å². The van der Waals surface area contributed by atoms with Crippen LogP contribution in [0.1, 0.15) is 23.6 Å². The summed E-state index contributed by atoms with van der Waals surface area (Å²) in [5.74, 6) is 1.72. The van der Waals surface area contributed by atoms with Crippen LogP contribution in [0.3, 0.4) is 0 Å². The van der Waals surface area contributed by atoms with Gasteiger partial charge in [-0.3, -0.25) is 4.90 Å². The lowest BCUT2D eigenvalue weighted by molar-refractivity contribution is 0.0322. The molecular formula is C24H35IN4O2. The molecule has 1 aliphatic rings. The Morgan fingerprint density at radius 2 is 1.90 bits per heavy atom. The largest absolute Gasteiger partial charge is 0.492 e. The molecule has 0 aliphatic carbocycles. The highest BCUT2D eigenvalue weighted by Gasteiger charge is 2.09. The first kappa shape index (κ1) is 25.4. The lowest BCUT2D eigenvalue weighted by Gasteiger charge is -2.26. The first-order valence-electron chi connectivity index (χ1n) is 10.8. The van der Waals surface area contributed by atoms with Crippen molar-refractivity contribution >= 4 is 29.9 Å². The zero-order valence-corrected chi connectivity index (χ0v) is 20.9. The maximum absolute atomic E-state index is 5.96. The molecule has 2 aromatic carbocycles. The van der Waals surface area contributed by atoms with Gasteiger partial charge < -0.3 is 20.1 Å². The van der Waals surface area contributed by atoms with Crippen LogP contribution in [0.25, 0.3) is 0 Å². The Bertz CT molecular complexity index is 810. The Kier molecular flexibility index (Phi) is 11.7. The highest BCUT2D eigenvalue weighted by molar-refractivity contribution is 14.0. The van der Waals surface area contributed by atoms with Crippen molar-refractivity contribution in [3.05, 3.63) is 65.2 Å². The molecule has 1 saturated heterocycles. The first-order chi connectivity index (χ1) is 14.7. The van der Waals surface area contributed by atoms with Gasteiger partial charge in [0.2, 0.25) is 0 Å². The fourth-order valence-corrected chi connectivity index (χ4v) is 3.35. The molecule has 3 rings (SSSR count). The molecule has 170 valence electrons. The topological polar surface area (TPSA) is 58.1 Å². The van der Waals surface area contributed by atoms with Gasteiger partial charge in [-0.05, 0) is 42.7 Å². The number of benzene rings is 2. The van der Waals surface area contributed by atoms with Crippen molar-refractivity contribution in [2.24, 2.45) is 4.99 Å². The van der Waals surface area contributed by atoms with Gasteiger partial charge in [0.05, 0.1) is 19.8 Å². The molecule has 0 aromatic heterocycles. The number of hydrogen-bond acceptors (Lipinski definition) is 4. The summed E-state index contributed by atoms with van der Waals surface area (Å²) >= 11 is 0. The molecule has 0 amide bonds. The number of nitrogens with one attached hydrogen (secondary N) is 2. The Morgan fingerprint density at radius 3 is 2.68 bits per heavy atom. The molecule has 0 radical (unpaired) electrons. The second-order valence-electron chi connectivity index (χ2n) is 7.43. The zero-order valence-electron chi connectivity index (χ0n) is 18.6. The molecule has 0 bridgehead atoms. The number of rotatable bonds is 9. The van der Waals surface area contributed by atoms with E-state index >= 15 is 0 Å². The predicted octanol–water partition coefficient (Wildman–Crippen LogP) is 3.58. The summed E-state index contributed by atoms with van der Waals surface area (Å²) in [4.78, 5) is 7.12. The van der Waals surface area contributed by atoms with E-state index in [1.807, 2.05) is 12.1 Å². The third kappa shape index (κ3) is 9.04. The quantitative estimate of drug-likeness (QED) is 0.291. The number of halogens is 1. The number of aryl methyl sites for hydroxylation is 1. The van der Waals surface area contributed by atoms with E-state index in [0.717, 1.165) is 63.2 Å². The van der Waals surface area contributed by atoms with Gasteiger partial charge in [0.25, 0.3) is 0 Å². The highest BCUT2D eigenvalue weighted by atomic mass is 127. The molecule has 1 fully saturated rings. The predicted molar refractivity (Wildman–Crippen MR) is 137 cm³/mol. The van der Waals surface area contributed by atoms with Gasteiger partial charge in [0, 0.05) is 32.7 Å². The summed E-state index contributed by atoms with van der Waals surface area (Å²) in [6, 6.07) is 16.6. The molecule has 1 heterocycles. The van der Waals surface area contributed by atoms with Crippen LogP contribution in [0.2, 0.25) is 0 Å². The molecule has 2 aromatic rings. The molecule has 7 heteroatoms. The maximum Gasteiger partial charge on any atom is 0.191 e. The van der Waals surface area contributed by atoms with Gasteiger partial charge in [0.1, 0.15) is 12.4 Å². The van der Waals surface area contributed by atoms with E-state index in [0.29, 0.717) is 13.2 Å². The number of guanidine groups is 1. The summed E-state index contributed by atoms with van der Waals surface area (Å²) in [5.41, 5.74) is 3.69. The van der Waals surface area contributed by atoms with Gasteiger partial charge in [0.15, 0.2) is 5.96 Å². The smallest absolute Gasteiger partial charge is 0.191 e. The third-order valence-corrected chi connectivity index (χ3v) is 5.15. The van der Waals surface area contributed by atoms with Gasteiger partial charge in [-0.1, -0.05) is 36.4 Å². The number of morpholine rings is 1. The van der Waals surface area contributed by atoms with Crippen LogP contribution in [-0.4, -0.2) is 56.9 Å². The fourth-order valence-electron chi connectivity index (χ4n) is 3.35. The molecule has 1 aliphatic heterocycles. The number of nitrogens with zero attached hydrogens (tertiary/aromatic N) is 2. The van der Waals surface area contributed by atoms with Crippen molar-refractivity contribution in [3.63, 3.8) is 0 Å². The van der Waals surface area contributed by atoms with Crippen LogP contribution >= 0.6 is 24.0 Å². The van der Waals surface area contributed by atoms with Crippen molar-refractivity contribution in [1.82, 2.24) is 15.5 Å². The first-order valence-corrected chi connectivity index (χ1v) is 10.8. The molecule has 0 unspecified atom stereocenters. The van der Waals surface area contributed by atoms with Crippen LogP contribution in [0, 0.1) is 6.92 Å². The van der Waals surface area contributed by atoms with E-state index in [1.165, 1.54) is 11.1 Å². The molecular weight excluding hydrogens is 503 g/mol. The lowest BCUT2D eigenvalue weighted by Crippen LogP contribution is -2.38. The highest BCUT2D eigenvalue weighted by Crippen LogP contribution is 2.14. The SMILES string of the molecule is CCNC(=NCc1cccc(OCCN2CCOCC2)c1)NCc1ccccc1C.I. The standard InChI is InChI=1S/C24H34N4O2.HI/c1-3-25-24(27-19-22-9-5-4-7-20(22)2)26-18-21-8-6-10-23(17-21)30-16-13-28-11-14-29-15-12-28;/h4-10,17H,3,11-16,18-19H2,1-2H3,(H2,25,26,27);1H. The van der Waals surface area contributed by atoms with Crippen LogP contribution in [0.5, 0.6) is 5.75 Å². The Balaban J connectivity index is 0.00000341. The van der Waals surface area contributed by atoms with Gasteiger partial charge in [-0.15, -0.1) is 24.0 Å². The van der Waals surface area contributed by atoms with Gasteiger partial charge >= 0.3 is 0 Å². The Hall–Kier alpha value is -1.84. The van der Waals surface area contributed by atoms with Crippen LogP contribution in [-0.2, 0) is 17.8 Å². The summed E-state index contributed by atoms with van der Waals surface area (Å²) in [6.45, 7) is 11.6. The maximum atomic E-state index is 5.96. The number of ether oxygens (including phenoxy) is 2. The van der Waals surface area contributed by atoms with Crippen LogP contribution in [0.15, 0.2) is 53.5 Å². The minimum Gasteiger partial charge on any atom is -0.492 e. The molecule has 6 nitrogen and oxygen atoms in total. The van der Waals surface area contributed by atoms with E-state index in [9.17, 15) is 0 Å². The lowest BCUT2D eigenvalue weighted by atomic mass is 10.1. The minimum atomic E-state index is 0. The average molecular weight is 538 g/mol. The van der Waals surface area contributed by atoms with E-state index in [4.69, 9.17) is 14.5 Å². The summed E-state index contributed by atoms with van der Waals surface area (Å²) in [7, 11) is 0. The Morgan fingerprint density at radius 1 is 1.10 bits per heavy atom. The van der Waals surface area contributed by atoms with E-state index in [-0.39, 0.29) is 24.0 Å². The fraction of sp³-hybridized carbons (Fsp3) is 0.458. The van der Waals surface area contributed by atoms with E-state index in [2.05, 4.69) is 65.8 Å². The molecule has 2 N–H and O–H groups in total. The van der Waals surface area contributed by atoms with E-state index < -0.39 is 0 Å². The zero-order chi connectivity index (χ0) is 21.0. The molecule has 0 spiro atoms. The third-order valence-electron chi connectivity index (χ3n) is 5.15. The normalized spacial score (nSPS) is 14.6. The number of aliphatic imine (C=N–C) groups is 1.